The van der Waals surface area contributed by atoms with Crippen LogP contribution in [0, 0.1) is 0 Å². The molecule has 0 bridgehead atoms. The van der Waals surface area contributed by atoms with E-state index in [-0.39, 0.29) is 5.56 Å². The van der Waals surface area contributed by atoms with Gasteiger partial charge in [-0.1, -0.05) is 0 Å². The number of rotatable bonds is 4. The first kappa shape index (κ1) is 13.0. The quantitative estimate of drug-likeness (QED) is 0.573. The van der Waals surface area contributed by atoms with Crippen molar-refractivity contribution in [1.29, 1.82) is 0 Å². The maximum Gasteiger partial charge on any atom is 0.322 e. The van der Waals surface area contributed by atoms with E-state index in [2.05, 4.69) is 10.5 Å². The summed E-state index contributed by atoms with van der Waals surface area (Å²) in [5.74, 6) is -1.72. The SMILES string of the molecule is CC(C(=O)O)N(C)NC(=O)c1c[nH]n(C)c1=O. The van der Waals surface area contributed by atoms with E-state index in [4.69, 9.17) is 5.11 Å². The molecule has 0 radical (unpaired) electrons. The number of carboxylic acids is 1. The molecule has 0 spiro atoms. The molecule has 0 saturated carbocycles. The largest absolute Gasteiger partial charge is 0.480 e. The molecule has 17 heavy (non-hydrogen) atoms. The molecule has 0 aliphatic carbocycles. The summed E-state index contributed by atoms with van der Waals surface area (Å²) in [6.07, 6.45) is 1.26. The standard InChI is InChI=1S/C9H14N4O4/c1-5(9(16)17)12(2)11-7(14)6-4-10-13(3)8(6)15/h4-5,10H,1-3H3,(H,11,14)(H,16,17). The van der Waals surface area contributed by atoms with Gasteiger partial charge in [-0.15, -0.1) is 0 Å². The monoisotopic (exact) mass is 242 g/mol. The Labute approximate surface area is 96.8 Å². The number of carbonyl (C=O) groups excluding carboxylic acids is 1. The molecule has 0 aliphatic rings. The number of aliphatic carboxylic acids is 1. The van der Waals surface area contributed by atoms with E-state index >= 15 is 0 Å². The van der Waals surface area contributed by atoms with Crippen LogP contribution in [0.15, 0.2) is 11.0 Å². The zero-order valence-electron chi connectivity index (χ0n) is 9.72. The highest BCUT2D eigenvalue weighted by Gasteiger charge is 2.21. The molecule has 0 aromatic carbocycles. The third-order valence-electron chi connectivity index (χ3n) is 2.40. The lowest BCUT2D eigenvalue weighted by Crippen LogP contribution is -2.48. The highest BCUT2D eigenvalue weighted by Crippen LogP contribution is 1.94. The fourth-order valence-electron chi connectivity index (χ4n) is 1.11. The number of hydrogen-bond donors (Lipinski definition) is 3. The molecule has 94 valence electrons. The molecule has 8 heteroatoms. The molecular formula is C9H14N4O4. The number of amides is 1. The third-order valence-corrected chi connectivity index (χ3v) is 2.40. The first-order chi connectivity index (χ1) is 7.84. The number of nitrogens with zero attached hydrogens (tertiary/aromatic N) is 2. The number of aromatic amines is 1. The second kappa shape index (κ2) is 4.83. The summed E-state index contributed by atoms with van der Waals surface area (Å²) in [4.78, 5) is 33.7. The highest BCUT2D eigenvalue weighted by molar-refractivity contribution is 5.93. The van der Waals surface area contributed by atoms with Gasteiger partial charge in [0.25, 0.3) is 11.5 Å². The molecule has 1 amide bonds. The summed E-state index contributed by atoms with van der Waals surface area (Å²) in [7, 11) is 2.89. The Hall–Kier alpha value is -2.09. The van der Waals surface area contributed by atoms with E-state index in [1.54, 1.807) is 0 Å². The van der Waals surface area contributed by atoms with Gasteiger partial charge in [0.05, 0.1) is 0 Å². The van der Waals surface area contributed by atoms with Crippen LogP contribution in [0.3, 0.4) is 0 Å². The third kappa shape index (κ3) is 2.72. The zero-order valence-corrected chi connectivity index (χ0v) is 9.72. The second-order valence-electron chi connectivity index (χ2n) is 3.62. The fourth-order valence-corrected chi connectivity index (χ4v) is 1.11. The molecule has 1 unspecified atom stereocenters. The van der Waals surface area contributed by atoms with Gasteiger partial charge in [-0.05, 0) is 6.92 Å². The van der Waals surface area contributed by atoms with Gasteiger partial charge in [0.15, 0.2) is 0 Å². The minimum atomic E-state index is -1.07. The summed E-state index contributed by atoms with van der Waals surface area (Å²) in [6.45, 7) is 1.41. The predicted octanol–water partition coefficient (Wildman–Crippen LogP) is -1.24. The van der Waals surface area contributed by atoms with E-state index in [1.807, 2.05) is 0 Å². The van der Waals surface area contributed by atoms with Crippen molar-refractivity contribution in [3.8, 4) is 0 Å². The summed E-state index contributed by atoms with van der Waals surface area (Å²) in [5.41, 5.74) is 1.77. The van der Waals surface area contributed by atoms with Crippen molar-refractivity contribution in [1.82, 2.24) is 20.2 Å². The maximum atomic E-state index is 11.6. The number of hydrogen-bond acceptors (Lipinski definition) is 4. The van der Waals surface area contributed by atoms with Gasteiger partial charge in [-0.2, -0.15) is 0 Å². The summed E-state index contributed by atoms with van der Waals surface area (Å²) in [6, 6.07) is -0.887. The molecule has 3 N–H and O–H groups in total. The van der Waals surface area contributed by atoms with Crippen LogP contribution in [0.5, 0.6) is 0 Å². The Morgan fingerprint density at radius 1 is 1.59 bits per heavy atom. The molecule has 1 heterocycles. The van der Waals surface area contributed by atoms with Crippen molar-refractivity contribution in [3.63, 3.8) is 0 Å². The number of aromatic nitrogens is 2. The normalized spacial score (nSPS) is 12.5. The number of carbonyl (C=O) groups is 2. The van der Waals surface area contributed by atoms with Crippen molar-refractivity contribution in [2.45, 2.75) is 13.0 Å². The molecule has 0 fully saturated rings. The first-order valence-corrected chi connectivity index (χ1v) is 4.85. The van der Waals surface area contributed by atoms with Crippen LogP contribution in [0.25, 0.3) is 0 Å². The van der Waals surface area contributed by atoms with E-state index < -0.39 is 23.5 Å². The predicted molar refractivity (Wildman–Crippen MR) is 58.4 cm³/mol. The van der Waals surface area contributed by atoms with Gasteiger partial charge in [0.1, 0.15) is 11.6 Å². The van der Waals surface area contributed by atoms with Gasteiger partial charge in [-0.3, -0.25) is 24.5 Å². The van der Waals surface area contributed by atoms with Crippen LogP contribution in [-0.2, 0) is 11.8 Å². The van der Waals surface area contributed by atoms with Crippen molar-refractivity contribution < 1.29 is 14.7 Å². The Bertz CT molecular complexity index is 489. The second-order valence-corrected chi connectivity index (χ2v) is 3.62. The highest BCUT2D eigenvalue weighted by atomic mass is 16.4. The van der Waals surface area contributed by atoms with Gasteiger partial charge < -0.3 is 10.2 Å². The van der Waals surface area contributed by atoms with E-state index in [0.29, 0.717) is 0 Å². The first-order valence-electron chi connectivity index (χ1n) is 4.85. The lowest BCUT2D eigenvalue weighted by molar-refractivity contribution is -0.142. The number of nitrogens with one attached hydrogen (secondary N) is 2. The molecule has 1 aromatic rings. The van der Waals surface area contributed by atoms with Gasteiger partial charge in [0, 0.05) is 20.3 Å². The number of likely N-dealkylation sites (N-methyl/N-ethyl adjacent to an activating group) is 1. The smallest absolute Gasteiger partial charge is 0.322 e. The van der Waals surface area contributed by atoms with Crippen LogP contribution in [-0.4, -0.2) is 44.9 Å². The maximum absolute atomic E-state index is 11.6. The Morgan fingerprint density at radius 3 is 2.59 bits per heavy atom. The Balaban J connectivity index is 2.77. The molecule has 1 aromatic heterocycles. The summed E-state index contributed by atoms with van der Waals surface area (Å²) in [5, 5.41) is 12.4. The topological polar surface area (TPSA) is 107 Å². The lowest BCUT2D eigenvalue weighted by Gasteiger charge is -2.21. The van der Waals surface area contributed by atoms with Crippen molar-refractivity contribution in [2.24, 2.45) is 7.05 Å². The minimum absolute atomic E-state index is 0.0723. The zero-order chi connectivity index (χ0) is 13.2. The number of hydrazine groups is 1. The molecule has 0 saturated heterocycles. The van der Waals surface area contributed by atoms with Crippen LogP contribution in [0.4, 0.5) is 0 Å². The molecule has 1 atom stereocenters. The van der Waals surface area contributed by atoms with E-state index in [0.717, 1.165) is 9.69 Å². The van der Waals surface area contributed by atoms with E-state index in [9.17, 15) is 14.4 Å². The fraction of sp³-hybridized carbons (Fsp3) is 0.444. The lowest BCUT2D eigenvalue weighted by atomic mass is 10.3. The Kier molecular flexibility index (Phi) is 3.69. The van der Waals surface area contributed by atoms with Crippen molar-refractivity contribution in [2.75, 3.05) is 7.05 Å². The van der Waals surface area contributed by atoms with Gasteiger partial charge in [0.2, 0.25) is 0 Å². The number of H-pyrrole nitrogens is 1. The summed E-state index contributed by atoms with van der Waals surface area (Å²) < 4.78 is 1.15. The number of carboxylic acid groups (broad SMARTS) is 1. The number of aryl methyl sites for hydroxylation is 1. The van der Waals surface area contributed by atoms with Crippen LogP contribution >= 0.6 is 0 Å². The van der Waals surface area contributed by atoms with Crippen LogP contribution < -0.4 is 11.0 Å². The molecular weight excluding hydrogens is 228 g/mol. The van der Waals surface area contributed by atoms with Crippen LogP contribution in [0.1, 0.15) is 17.3 Å². The van der Waals surface area contributed by atoms with Crippen molar-refractivity contribution in [3.05, 3.63) is 22.1 Å². The molecule has 0 aliphatic heterocycles. The molecule has 8 nitrogen and oxygen atoms in total. The van der Waals surface area contributed by atoms with E-state index in [1.165, 1.54) is 27.2 Å². The van der Waals surface area contributed by atoms with Gasteiger partial charge in [-0.25, -0.2) is 5.01 Å². The van der Waals surface area contributed by atoms with Crippen molar-refractivity contribution >= 4 is 11.9 Å². The van der Waals surface area contributed by atoms with Crippen LogP contribution in [0.2, 0.25) is 0 Å². The Morgan fingerprint density at radius 2 is 2.18 bits per heavy atom. The summed E-state index contributed by atoms with van der Waals surface area (Å²) >= 11 is 0. The average molecular weight is 242 g/mol. The average Bonchev–Trinajstić information content (AvgIpc) is 2.58. The van der Waals surface area contributed by atoms with Gasteiger partial charge >= 0.3 is 5.97 Å². The molecule has 1 rings (SSSR count). The minimum Gasteiger partial charge on any atom is -0.480 e.